The second-order valence-electron chi connectivity index (χ2n) is 5.47. The second kappa shape index (κ2) is 6.30. The van der Waals surface area contributed by atoms with E-state index in [4.69, 9.17) is 10.3 Å². The number of rotatable bonds is 5. The number of thiazole rings is 1. The third-order valence-corrected chi connectivity index (χ3v) is 5.66. The number of hydrogen-bond acceptors (Lipinski definition) is 6. The summed E-state index contributed by atoms with van der Waals surface area (Å²) in [5, 5.41) is 8.44. The van der Waals surface area contributed by atoms with E-state index in [1.54, 1.807) is 23.6 Å². The Balaban J connectivity index is 1.80. The predicted molar refractivity (Wildman–Crippen MR) is 97.7 cm³/mol. The third-order valence-electron chi connectivity index (χ3n) is 3.94. The fourth-order valence-electron chi connectivity index (χ4n) is 2.70. The van der Waals surface area contributed by atoms with E-state index in [2.05, 4.69) is 20.8 Å². The molecule has 0 bridgehead atoms. The second-order valence-corrected chi connectivity index (χ2v) is 7.36. The molecule has 0 atom stereocenters. The van der Waals surface area contributed by atoms with E-state index in [1.807, 2.05) is 29.8 Å². The Morgan fingerprint density at radius 3 is 2.92 bits per heavy atom. The van der Waals surface area contributed by atoms with Crippen LogP contribution in [0.3, 0.4) is 0 Å². The molecule has 0 aliphatic carbocycles. The molecule has 0 radical (unpaired) electrons. The van der Waals surface area contributed by atoms with E-state index >= 15 is 0 Å². The van der Waals surface area contributed by atoms with E-state index in [9.17, 15) is 4.79 Å². The minimum Gasteiger partial charge on any atom is -0.366 e. The number of aromatic nitrogens is 3. The van der Waals surface area contributed by atoms with Gasteiger partial charge in [0, 0.05) is 22.0 Å². The van der Waals surface area contributed by atoms with Crippen molar-refractivity contribution in [2.24, 2.45) is 5.73 Å². The molecule has 0 saturated heterocycles. The zero-order valence-corrected chi connectivity index (χ0v) is 14.9. The maximum Gasteiger partial charge on any atom is 0.250 e. The van der Waals surface area contributed by atoms with Gasteiger partial charge in [0.05, 0.1) is 29.7 Å². The number of carbonyl (C=O) groups excluding carboxylic acids is 1. The Kier molecular flexibility index (Phi) is 3.98. The first-order chi connectivity index (χ1) is 12.1. The van der Waals surface area contributed by atoms with Crippen molar-refractivity contribution < 1.29 is 9.32 Å². The zero-order valence-electron chi connectivity index (χ0n) is 13.3. The van der Waals surface area contributed by atoms with Gasteiger partial charge in [0.2, 0.25) is 0 Å². The molecule has 0 aliphatic heterocycles. The first-order valence-corrected chi connectivity index (χ1v) is 9.28. The summed E-state index contributed by atoms with van der Waals surface area (Å²) in [5.74, 6) is 0.189. The number of nitrogens with two attached hydrogens (primary N) is 1. The Hall–Kier alpha value is -2.71. The highest BCUT2D eigenvalue weighted by molar-refractivity contribution is 7.13. The van der Waals surface area contributed by atoms with Crippen molar-refractivity contribution in [1.29, 1.82) is 0 Å². The van der Waals surface area contributed by atoms with Crippen molar-refractivity contribution in [3.8, 4) is 22.2 Å². The lowest BCUT2D eigenvalue weighted by atomic mass is 10.2. The fraction of sp³-hybridized carbons (Fsp3) is 0.118. The zero-order chi connectivity index (χ0) is 17.4. The van der Waals surface area contributed by atoms with Crippen LogP contribution >= 0.6 is 22.7 Å². The number of nitrogens with zero attached hydrogens (tertiary/aromatic N) is 3. The average Bonchev–Trinajstić information content (AvgIpc) is 3.35. The molecule has 1 amide bonds. The molecule has 2 N–H and O–H groups in total. The molecule has 126 valence electrons. The summed E-state index contributed by atoms with van der Waals surface area (Å²) in [6.07, 6.45) is 1.59. The van der Waals surface area contributed by atoms with Crippen LogP contribution in [0.5, 0.6) is 0 Å². The van der Waals surface area contributed by atoms with Gasteiger partial charge >= 0.3 is 0 Å². The predicted octanol–water partition coefficient (Wildman–Crippen LogP) is 3.78. The monoisotopic (exact) mass is 370 g/mol. The molecule has 6 nitrogen and oxygen atoms in total. The largest absolute Gasteiger partial charge is 0.366 e. The van der Waals surface area contributed by atoms with Crippen LogP contribution in [0.15, 0.2) is 45.7 Å². The van der Waals surface area contributed by atoms with Gasteiger partial charge in [-0.15, -0.1) is 22.7 Å². The first kappa shape index (κ1) is 15.8. The summed E-state index contributed by atoms with van der Waals surface area (Å²) in [7, 11) is 0. The summed E-state index contributed by atoms with van der Waals surface area (Å²) in [6.45, 7) is 2.57. The molecule has 0 unspecified atom stereocenters. The number of hydrogen-bond donors (Lipinski definition) is 1. The first-order valence-electron chi connectivity index (χ1n) is 7.52. The van der Waals surface area contributed by atoms with Crippen molar-refractivity contribution >= 4 is 28.6 Å². The van der Waals surface area contributed by atoms with Gasteiger partial charge in [0.25, 0.3) is 5.91 Å². The molecule has 0 aromatic carbocycles. The molecule has 4 aromatic heterocycles. The topological polar surface area (TPSA) is 86.9 Å². The van der Waals surface area contributed by atoms with Gasteiger partial charge in [-0.1, -0.05) is 11.2 Å². The summed E-state index contributed by atoms with van der Waals surface area (Å²) >= 11 is 3.14. The van der Waals surface area contributed by atoms with Crippen LogP contribution in [0, 0.1) is 6.92 Å². The molecule has 4 aromatic rings. The summed E-state index contributed by atoms with van der Waals surface area (Å²) in [4.78, 5) is 17.6. The highest BCUT2D eigenvalue weighted by atomic mass is 32.1. The van der Waals surface area contributed by atoms with Gasteiger partial charge in [-0.2, -0.15) is 0 Å². The Morgan fingerprint density at radius 1 is 1.36 bits per heavy atom. The number of carbonyl (C=O) groups is 1. The van der Waals surface area contributed by atoms with Crippen LogP contribution in [-0.4, -0.2) is 20.6 Å². The van der Waals surface area contributed by atoms with Gasteiger partial charge in [-0.3, -0.25) is 4.79 Å². The minimum absolute atomic E-state index is 0.436. The highest BCUT2D eigenvalue weighted by Gasteiger charge is 2.19. The van der Waals surface area contributed by atoms with Crippen molar-refractivity contribution in [3.63, 3.8) is 0 Å². The average molecular weight is 370 g/mol. The van der Waals surface area contributed by atoms with E-state index in [0.29, 0.717) is 17.9 Å². The maximum atomic E-state index is 11.8. The van der Waals surface area contributed by atoms with Gasteiger partial charge < -0.3 is 14.8 Å². The summed E-state index contributed by atoms with van der Waals surface area (Å²) in [5.41, 5.74) is 8.54. The van der Waals surface area contributed by atoms with E-state index < -0.39 is 5.91 Å². The van der Waals surface area contributed by atoms with Crippen molar-refractivity contribution in [2.75, 3.05) is 0 Å². The molecule has 8 heteroatoms. The highest BCUT2D eigenvalue weighted by Crippen LogP contribution is 2.32. The van der Waals surface area contributed by atoms with E-state index in [0.717, 1.165) is 22.1 Å². The molecule has 25 heavy (non-hydrogen) atoms. The molecule has 4 rings (SSSR count). The lowest BCUT2D eigenvalue weighted by Crippen LogP contribution is -2.12. The fourth-order valence-corrected chi connectivity index (χ4v) is 4.16. The summed E-state index contributed by atoms with van der Waals surface area (Å²) < 4.78 is 7.24. The molecular weight excluding hydrogens is 356 g/mol. The van der Waals surface area contributed by atoms with Crippen molar-refractivity contribution in [3.05, 3.63) is 57.4 Å². The molecular formula is C17H14N4O2S2. The summed E-state index contributed by atoms with van der Waals surface area (Å²) in [6, 6.07) is 7.66. The number of primary amides is 1. The Labute approximate surface area is 151 Å². The number of amides is 1. The SMILES string of the molecule is Cc1c(C(N)=O)cc(-c2csc(-c3ccno3)n2)n1Cc1cccs1. The molecule has 0 aliphatic rings. The van der Waals surface area contributed by atoms with Crippen molar-refractivity contribution in [1.82, 2.24) is 14.7 Å². The van der Waals surface area contributed by atoms with Crippen LogP contribution in [-0.2, 0) is 6.54 Å². The Morgan fingerprint density at radius 2 is 2.24 bits per heavy atom. The van der Waals surface area contributed by atoms with E-state index in [-0.39, 0.29) is 0 Å². The molecule has 0 spiro atoms. The molecule has 4 heterocycles. The minimum atomic E-state index is -0.436. The van der Waals surface area contributed by atoms with Crippen molar-refractivity contribution in [2.45, 2.75) is 13.5 Å². The van der Waals surface area contributed by atoms with Crippen LogP contribution in [0.1, 0.15) is 20.9 Å². The lowest BCUT2D eigenvalue weighted by molar-refractivity contribution is 0.0999. The standard InChI is InChI=1S/C17H14N4O2S2/c1-10-12(16(18)22)7-14(21(10)8-11-3-2-6-24-11)13-9-25-17(20-13)15-4-5-19-23-15/h2-7,9H,8H2,1H3,(H2,18,22). The van der Waals surface area contributed by atoms with Gasteiger partial charge in [-0.25, -0.2) is 4.98 Å². The van der Waals surface area contributed by atoms with Crippen LogP contribution < -0.4 is 5.73 Å². The maximum absolute atomic E-state index is 11.8. The smallest absolute Gasteiger partial charge is 0.250 e. The van der Waals surface area contributed by atoms with E-state index in [1.165, 1.54) is 16.2 Å². The van der Waals surface area contributed by atoms with Crippen LogP contribution in [0.2, 0.25) is 0 Å². The number of thiophene rings is 1. The van der Waals surface area contributed by atoms with Gasteiger partial charge in [0.1, 0.15) is 0 Å². The van der Waals surface area contributed by atoms with Gasteiger partial charge in [-0.05, 0) is 24.4 Å². The van der Waals surface area contributed by atoms with Crippen LogP contribution in [0.4, 0.5) is 0 Å². The van der Waals surface area contributed by atoms with Gasteiger partial charge in [0.15, 0.2) is 10.8 Å². The third kappa shape index (κ3) is 2.90. The van der Waals surface area contributed by atoms with Crippen LogP contribution in [0.25, 0.3) is 22.2 Å². The lowest BCUT2D eigenvalue weighted by Gasteiger charge is -2.09. The Bertz CT molecular complexity index is 1010. The quantitative estimate of drug-likeness (QED) is 0.579. The molecule has 0 fully saturated rings. The normalized spacial score (nSPS) is 11.1. The molecule has 0 saturated carbocycles.